The Morgan fingerprint density at radius 2 is 1.82 bits per heavy atom. The third-order valence-corrected chi connectivity index (χ3v) is 8.81. The van der Waals surface area contributed by atoms with Crippen molar-refractivity contribution in [3.63, 3.8) is 0 Å². The van der Waals surface area contributed by atoms with Crippen molar-refractivity contribution in [2.24, 2.45) is 11.3 Å². The van der Waals surface area contributed by atoms with Gasteiger partial charge in [0.1, 0.15) is 24.8 Å². The van der Waals surface area contributed by atoms with Crippen LogP contribution in [0.4, 0.5) is 0 Å². The normalized spacial score (nSPS) is 16.6. The van der Waals surface area contributed by atoms with Gasteiger partial charge in [0.25, 0.3) is 0 Å². The van der Waals surface area contributed by atoms with E-state index < -0.39 is 19.5 Å². The van der Waals surface area contributed by atoms with Crippen LogP contribution in [-0.4, -0.2) is 66.5 Å². The lowest BCUT2D eigenvalue weighted by molar-refractivity contribution is -0.157. The molecule has 11 heteroatoms. The number of benzene rings is 1. The Kier molecular flexibility index (Phi) is 12.7. The van der Waals surface area contributed by atoms with E-state index in [1.165, 1.54) is 0 Å². The van der Waals surface area contributed by atoms with E-state index in [1.54, 1.807) is 0 Å². The molecule has 1 heterocycles. The van der Waals surface area contributed by atoms with Crippen molar-refractivity contribution >= 4 is 62.3 Å². The minimum atomic E-state index is -0.567. The fraction of sp³-hybridized carbons (Fsp3) is 0.696. The zero-order valence-electron chi connectivity index (χ0n) is 21.5. The van der Waals surface area contributed by atoms with Crippen LogP contribution in [0.1, 0.15) is 34.6 Å². The average Bonchev–Trinajstić information content (AvgIpc) is 3.21. The maximum absolute atomic E-state index is 6.15. The summed E-state index contributed by atoms with van der Waals surface area (Å²) in [5, 5.41) is 6.41. The molecule has 34 heavy (non-hydrogen) atoms. The van der Waals surface area contributed by atoms with Crippen molar-refractivity contribution in [1.29, 1.82) is 0 Å². The van der Waals surface area contributed by atoms with Gasteiger partial charge in [-0.1, -0.05) is 49.8 Å². The first kappa shape index (κ1) is 30.0. The molecule has 0 aliphatic heterocycles. The summed E-state index contributed by atoms with van der Waals surface area (Å²) in [6.45, 7) is 16.6. The van der Waals surface area contributed by atoms with Gasteiger partial charge in [0.05, 0.1) is 16.2 Å². The second kappa shape index (κ2) is 14.5. The molecular formula is C23H40Br2N2O5Si2. The third-order valence-electron chi connectivity index (χ3n) is 6.05. The molecule has 0 bridgehead atoms. The Morgan fingerprint density at radius 1 is 1.15 bits per heavy atom. The average molecular weight is 641 g/mol. The first-order valence-electron chi connectivity index (χ1n) is 12.0. The molecule has 2 aromatic rings. The van der Waals surface area contributed by atoms with E-state index in [9.17, 15) is 0 Å². The van der Waals surface area contributed by atoms with E-state index in [0.29, 0.717) is 18.5 Å². The van der Waals surface area contributed by atoms with Crippen molar-refractivity contribution < 1.29 is 23.1 Å². The van der Waals surface area contributed by atoms with E-state index in [-0.39, 0.29) is 30.0 Å². The highest BCUT2D eigenvalue weighted by Crippen LogP contribution is 2.37. The standard InChI is InChI=1S/C23H40Br2N2O5Si2/c1-8-28-16(3)30-18(11-24)14-29-19-10-9-17-12-26-27(21(17)20(19)25)13-15(2)23(4,5)22(31-33-6)32-34-7/h9-10,12,15-16,18,22H,8,11,13-14,33-34H2,1-7H3. The molecule has 3 unspecified atom stereocenters. The number of alkyl halides is 1. The molecule has 0 saturated carbocycles. The first-order chi connectivity index (χ1) is 16.2. The lowest BCUT2D eigenvalue weighted by Crippen LogP contribution is -2.42. The van der Waals surface area contributed by atoms with E-state index in [0.717, 1.165) is 27.7 Å². The Balaban J connectivity index is 2.19. The molecule has 2 rings (SSSR count). The van der Waals surface area contributed by atoms with Crippen LogP contribution in [0, 0.1) is 11.3 Å². The van der Waals surface area contributed by atoms with Crippen LogP contribution in [0.25, 0.3) is 10.9 Å². The summed E-state index contributed by atoms with van der Waals surface area (Å²) in [6.07, 6.45) is 1.34. The quantitative estimate of drug-likeness (QED) is 0.152. The number of halogens is 2. The van der Waals surface area contributed by atoms with E-state index in [1.807, 2.05) is 32.2 Å². The highest BCUT2D eigenvalue weighted by Gasteiger charge is 2.36. The number of hydrogen-bond acceptors (Lipinski definition) is 6. The number of ether oxygens (including phenoxy) is 3. The van der Waals surface area contributed by atoms with Crippen LogP contribution < -0.4 is 4.74 Å². The van der Waals surface area contributed by atoms with Gasteiger partial charge in [0, 0.05) is 29.3 Å². The lowest BCUT2D eigenvalue weighted by Gasteiger charge is -2.39. The summed E-state index contributed by atoms with van der Waals surface area (Å²) < 4.78 is 32.7. The Morgan fingerprint density at radius 3 is 2.41 bits per heavy atom. The molecule has 1 aromatic carbocycles. The summed E-state index contributed by atoms with van der Waals surface area (Å²) in [4.78, 5) is 0. The fourth-order valence-electron chi connectivity index (χ4n) is 3.72. The summed E-state index contributed by atoms with van der Waals surface area (Å²) in [5.74, 6) is 1.04. The highest BCUT2D eigenvalue weighted by atomic mass is 79.9. The smallest absolute Gasteiger partial charge is 0.161 e. The van der Waals surface area contributed by atoms with Gasteiger partial charge in [-0.25, -0.2) is 0 Å². The molecule has 0 radical (unpaired) electrons. The van der Waals surface area contributed by atoms with Gasteiger partial charge in [-0.3, -0.25) is 4.68 Å². The fourth-order valence-corrected chi connectivity index (χ4v) is 6.59. The van der Waals surface area contributed by atoms with E-state index in [2.05, 4.69) is 70.4 Å². The molecule has 3 atom stereocenters. The summed E-state index contributed by atoms with van der Waals surface area (Å²) in [6, 6.07) is 4.01. The van der Waals surface area contributed by atoms with Gasteiger partial charge < -0.3 is 23.1 Å². The molecular weight excluding hydrogens is 600 g/mol. The number of nitrogens with zero attached hydrogens (tertiary/aromatic N) is 2. The highest BCUT2D eigenvalue weighted by molar-refractivity contribution is 9.10. The maximum Gasteiger partial charge on any atom is 0.161 e. The van der Waals surface area contributed by atoms with Gasteiger partial charge in [-0.05, 0) is 47.8 Å². The minimum absolute atomic E-state index is 0.129. The zero-order valence-corrected chi connectivity index (χ0v) is 27.5. The molecule has 0 N–H and O–H groups in total. The summed E-state index contributed by atoms with van der Waals surface area (Å²) in [7, 11) is -1.13. The topological polar surface area (TPSA) is 64.0 Å². The van der Waals surface area contributed by atoms with Crippen molar-refractivity contribution in [2.75, 3.05) is 18.5 Å². The van der Waals surface area contributed by atoms with Crippen LogP contribution >= 0.6 is 31.9 Å². The Labute approximate surface area is 225 Å². The lowest BCUT2D eigenvalue weighted by atomic mass is 9.79. The van der Waals surface area contributed by atoms with Gasteiger partial charge in [-0.2, -0.15) is 5.10 Å². The molecule has 0 saturated heterocycles. The zero-order chi connectivity index (χ0) is 25.3. The second-order valence-electron chi connectivity index (χ2n) is 8.85. The van der Waals surface area contributed by atoms with Crippen LogP contribution in [-0.2, 0) is 24.9 Å². The predicted molar refractivity (Wildman–Crippen MR) is 150 cm³/mol. The van der Waals surface area contributed by atoms with Crippen molar-refractivity contribution in [2.45, 2.75) is 72.9 Å². The SMILES string of the molecule is CCOC(C)OC(CBr)COc1ccc2cnn(CC(C)C(C)(C)C(O[SiH2]C)O[SiH2]C)c2c1Br. The molecule has 0 aliphatic rings. The second-order valence-corrected chi connectivity index (χ2v) is 12.1. The maximum atomic E-state index is 6.15. The summed E-state index contributed by atoms with van der Waals surface area (Å²) in [5.41, 5.74) is 0.884. The number of aromatic nitrogens is 2. The molecule has 194 valence electrons. The van der Waals surface area contributed by atoms with Crippen molar-refractivity contribution in [1.82, 2.24) is 9.78 Å². The van der Waals surface area contributed by atoms with Gasteiger partial charge >= 0.3 is 0 Å². The van der Waals surface area contributed by atoms with Crippen molar-refractivity contribution in [3.05, 3.63) is 22.8 Å². The third kappa shape index (κ3) is 7.86. The molecule has 0 fully saturated rings. The molecule has 0 aliphatic carbocycles. The first-order valence-corrected chi connectivity index (χ1v) is 17.9. The van der Waals surface area contributed by atoms with Crippen LogP contribution in [0.3, 0.4) is 0 Å². The van der Waals surface area contributed by atoms with Gasteiger partial charge in [0.2, 0.25) is 0 Å². The Hall–Kier alpha value is -0.276. The minimum Gasteiger partial charge on any atom is -0.490 e. The molecule has 7 nitrogen and oxygen atoms in total. The Bertz CT molecular complexity index is 880. The number of fused-ring (bicyclic) bond motifs is 1. The van der Waals surface area contributed by atoms with Gasteiger partial charge in [0.15, 0.2) is 25.8 Å². The number of rotatable bonds is 16. The summed E-state index contributed by atoms with van der Waals surface area (Å²) >= 11 is 7.29. The molecule has 0 amide bonds. The van der Waals surface area contributed by atoms with Gasteiger partial charge in [-0.15, -0.1) is 0 Å². The predicted octanol–water partition coefficient (Wildman–Crippen LogP) is 4.63. The van der Waals surface area contributed by atoms with Crippen LogP contribution in [0.2, 0.25) is 13.1 Å². The van der Waals surface area contributed by atoms with Crippen LogP contribution in [0.15, 0.2) is 22.8 Å². The van der Waals surface area contributed by atoms with Crippen molar-refractivity contribution in [3.8, 4) is 5.75 Å². The largest absolute Gasteiger partial charge is 0.490 e. The van der Waals surface area contributed by atoms with Crippen LogP contribution in [0.5, 0.6) is 5.75 Å². The number of hydrogen-bond donors (Lipinski definition) is 0. The molecule has 1 aromatic heterocycles. The molecule has 0 spiro atoms. The van der Waals surface area contributed by atoms with E-state index in [4.69, 9.17) is 28.2 Å². The monoisotopic (exact) mass is 638 g/mol. The van der Waals surface area contributed by atoms with E-state index >= 15 is 0 Å².